The number of hydrogen-bond donors (Lipinski definition) is 0. The van der Waals surface area contributed by atoms with Gasteiger partial charge in [0.2, 0.25) is 0 Å². The first-order valence-electron chi connectivity index (χ1n) is 6.18. The number of Topliss-reactive ketones (excluding diaryl/α,β-unsaturated/α-hetero) is 1. The van der Waals surface area contributed by atoms with Crippen LogP contribution < -0.4 is 0 Å². The molecule has 0 aromatic heterocycles. The lowest BCUT2D eigenvalue weighted by molar-refractivity contribution is -0.119. The Morgan fingerprint density at radius 2 is 2.00 bits per heavy atom. The van der Waals surface area contributed by atoms with Crippen LogP contribution in [0.3, 0.4) is 0 Å². The summed E-state index contributed by atoms with van der Waals surface area (Å²) in [4.78, 5) is 11.1. The first-order chi connectivity index (χ1) is 8.03. The highest BCUT2D eigenvalue weighted by molar-refractivity contribution is 5.75. The Bertz CT molecular complexity index is 431. The molecule has 1 aliphatic heterocycles. The van der Waals surface area contributed by atoms with Gasteiger partial charge in [0.05, 0.1) is 13.2 Å². The summed E-state index contributed by atoms with van der Waals surface area (Å²) in [5.74, 6) is 0.264. The number of ketones is 1. The minimum absolute atomic E-state index is 0.0874. The van der Waals surface area contributed by atoms with Crippen molar-refractivity contribution in [2.45, 2.75) is 39.0 Å². The lowest BCUT2D eigenvalue weighted by Gasteiger charge is -2.42. The van der Waals surface area contributed by atoms with Crippen molar-refractivity contribution in [3.63, 3.8) is 0 Å². The second kappa shape index (κ2) is 4.61. The number of ether oxygens (including phenoxy) is 1. The van der Waals surface area contributed by atoms with Crippen LogP contribution in [-0.4, -0.2) is 19.0 Å². The molecule has 0 amide bonds. The largest absolute Gasteiger partial charge is 0.379 e. The summed E-state index contributed by atoms with van der Waals surface area (Å²) < 4.78 is 5.38. The van der Waals surface area contributed by atoms with Crippen LogP contribution in [-0.2, 0) is 14.9 Å². The van der Waals surface area contributed by atoms with Crippen LogP contribution in [0.1, 0.15) is 36.5 Å². The van der Waals surface area contributed by atoms with Crippen LogP contribution in [0.2, 0.25) is 0 Å². The highest BCUT2D eigenvalue weighted by Crippen LogP contribution is 2.37. The summed E-state index contributed by atoms with van der Waals surface area (Å²) in [7, 11) is 0. The number of aryl methyl sites for hydroxylation is 2. The highest BCUT2D eigenvalue weighted by atomic mass is 16.5. The van der Waals surface area contributed by atoms with Crippen molar-refractivity contribution in [2.24, 2.45) is 0 Å². The van der Waals surface area contributed by atoms with Crippen LogP contribution in [0.25, 0.3) is 0 Å². The molecule has 1 saturated heterocycles. The molecule has 1 fully saturated rings. The minimum atomic E-state index is 0.0874. The van der Waals surface area contributed by atoms with Crippen molar-refractivity contribution in [2.75, 3.05) is 13.2 Å². The van der Waals surface area contributed by atoms with Crippen LogP contribution >= 0.6 is 0 Å². The van der Waals surface area contributed by atoms with E-state index in [1.165, 1.54) is 16.7 Å². The summed E-state index contributed by atoms with van der Waals surface area (Å²) >= 11 is 0. The zero-order chi connectivity index (χ0) is 12.5. The van der Waals surface area contributed by atoms with E-state index in [1.807, 2.05) is 0 Å². The maximum absolute atomic E-state index is 11.1. The van der Waals surface area contributed by atoms with Gasteiger partial charge in [0.1, 0.15) is 5.78 Å². The molecular weight excluding hydrogens is 212 g/mol. The van der Waals surface area contributed by atoms with Gasteiger partial charge in [-0.05, 0) is 43.9 Å². The average Bonchev–Trinajstić information content (AvgIpc) is 2.21. The quantitative estimate of drug-likeness (QED) is 0.797. The van der Waals surface area contributed by atoms with E-state index < -0.39 is 0 Å². The lowest BCUT2D eigenvalue weighted by atomic mass is 9.74. The minimum Gasteiger partial charge on any atom is -0.379 e. The van der Waals surface area contributed by atoms with Crippen molar-refractivity contribution in [1.29, 1.82) is 0 Å². The zero-order valence-electron chi connectivity index (χ0n) is 10.9. The third-order valence-electron chi connectivity index (χ3n) is 3.83. The summed E-state index contributed by atoms with van der Waals surface area (Å²) in [5, 5.41) is 0. The van der Waals surface area contributed by atoms with E-state index in [-0.39, 0.29) is 11.2 Å². The number of carbonyl (C=O) groups excluding carboxylic acids is 1. The molecule has 0 aliphatic carbocycles. The van der Waals surface area contributed by atoms with Gasteiger partial charge in [-0.15, -0.1) is 0 Å². The maximum atomic E-state index is 11.1. The van der Waals surface area contributed by atoms with Gasteiger partial charge in [-0.1, -0.05) is 18.2 Å². The monoisotopic (exact) mass is 232 g/mol. The molecule has 0 atom stereocenters. The normalized spacial score (nSPS) is 17.6. The molecular formula is C15H20O2. The van der Waals surface area contributed by atoms with E-state index in [4.69, 9.17) is 4.74 Å². The molecule has 0 radical (unpaired) electrons. The predicted octanol–water partition coefficient (Wildman–Crippen LogP) is 2.94. The maximum Gasteiger partial charge on any atom is 0.129 e. The summed E-state index contributed by atoms with van der Waals surface area (Å²) in [6.45, 7) is 7.43. The summed E-state index contributed by atoms with van der Waals surface area (Å²) in [5.41, 5.74) is 4.05. The first-order valence-corrected chi connectivity index (χ1v) is 6.18. The second-order valence-corrected chi connectivity index (χ2v) is 5.27. The van der Waals surface area contributed by atoms with Gasteiger partial charge >= 0.3 is 0 Å². The van der Waals surface area contributed by atoms with E-state index in [0.29, 0.717) is 6.42 Å². The Morgan fingerprint density at radius 3 is 2.47 bits per heavy atom. The van der Waals surface area contributed by atoms with Crippen LogP contribution in [0.15, 0.2) is 18.2 Å². The van der Waals surface area contributed by atoms with Crippen LogP contribution in [0, 0.1) is 13.8 Å². The molecule has 17 heavy (non-hydrogen) atoms. The van der Waals surface area contributed by atoms with Gasteiger partial charge in [0.15, 0.2) is 0 Å². The molecule has 1 heterocycles. The second-order valence-electron chi connectivity index (χ2n) is 5.27. The molecule has 2 rings (SSSR count). The van der Waals surface area contributed by atoms with Crippen molar-refractivity contribution < 1.29 is 9.53 Å². The van der Waals surface area contributed by atoms with E-state index in [0.717, 1.165) is 19.6 Å². The fourth-order valence-electron chi connectivity index (χ4n) is 2.29. The van der Waals surface area contributed by atoms with Gasteiger partial charge in [0.25, 0.3) is 0 Å². The fraction of sp³-hybridized carbons (Fsp3) is 0.533. The van der Waals surface area contributed by atoms with Gasteiger partial charge in [-0.3, -0.25) is 0 Å². The van der Waals surface area contributed by atoms with E-state index in [1.54, 1.807) is 6.92 Å². The molecule has 0 bridgehead atoms. The molecule has 1 aromatic carbocycles. The van der Waals surface area contributed by atoms with E-state index in [2.05, 4.69) is 32.0 Å². The van der Waals surface area contributed by atoms with Crippen molar-refractivity contribution >= 4 is 5.78 Å². The Morgan fingerprint density at radius 1 is 1.29 bits per heavy atom. The van der Waals surface area contributed by atoms with Gasteiger partial charge in [-0.2, -0.15) is 0 Å². The van der Waals surface area contributed by atoms with E-state index in [9.17, 15) is 4.79 Å². The number of rotatable bonds is 4. The third kappa shape index (κ3) is 2.42. The molecule has 2 nitrogen and oxygen atoms in total. The smallest absolute Gasteiger partial charge is 0.129 e. The van der Waals surface area contributed by atoms with Crippen LogP contribution in [0.4, 0.5) is 0 Å². The van der Waals surface area contributed by atoms with Crippen molar-refractivity contribution in [3.8, 4) is 0 Å². The molecule has 1 aliphatic rings. The molecule has 0 saturated carbocycles. The molecule has 0 N–H and O–H groups in total. The SMILES string of the molecule is CC(=O)CCC1(c2ccc(C)c(C)c2)COC1. The van der Waals surface area contributed by atoms with Crippen molar-refractivity contribution in [3.05, 3.63) is 34.9 Å². The van der Waals surface area contributed by atoms with Crippen LogP contribution in [0.5, 0.6) is 0 Å². The predicted molar refractivity (Wildman–Crippen MR) is 68.3 cm³/mol. The average molecular weight is 232 g/mol. The molecule has 0 unspecified atom stereocenters. The third-order valence-corrected chi connectivity index (χ3v) is 3.83. The molecule has 92 valence electrons. The highest BCUT2D eigenvalue weighted by Gasteiger charge is 2.40. The topological polar surface area (TPSA) is 26.3 Å². The van der Waals surface area contributed by atoms with Crippen molar-refractivity contribution in [1.82, 2.24) is 0 Å². The standard InChI is InChI=1S/C15H20O2/c1-11-4-5-14(8-12(11)2)15(9-17-10-15)7-6-13(3)16/h4-5,8H,6-7,9-10H2,1-3H3. The van der Waals surface area contributed by atoms with Gasteiger partial charge < -0.3 is 9.53 Å². The number of carbonyl (C=O) groups is 1. The Labute approximate surface area is 103 Å². The Balaban J connectivity index is 2.22. The Hall–Kier alpha value is -1.15. The van der Waals surface area contributed by atoms with Gasteiger partial charge in [0, 0.05) is 11.8 Å². The molecule has 0 spiro atoms. The summed E-state index contributed by atoms with van der Waals surface area (Å²) in [6.07, 6.45) is 1.56. The van der Waals surface area contributed by atoms with Gasteiger partial charge in [-0.25, -0.2) is 0 Å². The number of hydrogen-bond acceptors (Lipinski definition) is 2. The number of benzene rings is 1. The first kappa shape index (κ1) is 12.3. The fourth-order valence-corrected chi connectivity index (χ4v) is 2.29. The summed E-state index contributed by atoms with van der Waals surface area (Å²) in [6, 6.07) is 6.60. The lowest BCUT2D eigenvalue weighted by Crippen LogP contribution is -2.47. The molecule has 1 aromatic rings. The Kier molecular flexibility index (Phi) is 3.34. The zero-order valence-corrected chi connectivity index (χ0v) is 10.9. The van der Waals surface area contributed by atoms with E-state index >= 15 is 0 Å². The molecule has 2 heteroatoms.